The molecule has 6 nitrogen and oxygen atoms in total. The SMILES string of the molecule is NS(=O)(=O)CCNC(=O)c1cccc(OC(F)F)c1. The molecule has 0 spiro atoms. The van der Waals surface area contributed by atoms with Gasteiger partial charge in [0.15, 0.2) is 0 Å². The Labute approximate surface area is 108 Å². The Kier molecular flexibility index (Phi) is 5.19. The number of hydrogen-bond donors (Lipinski definition) is 2. The molecular formula is C10H12F2N2O4S. The van der Waals surface area contributed by atoms with Gasteiger partial charge in [-0.25, -0.2) is 13.6 Å². The second kappa shape index (κ2) is 6.43. The predicted molar refractivity (Wildman–Crippen MR) is 63.4 cm³/mol. The van der Waals surface area contributed by atoms with Crippen LogP contribution in [0.2, 0.25) is 0 Å². The zero-order valence-electron chi connectivity index (χ0n) is 9.68. The topological polar surface area (TPSA) is 98.5 Å². The van der Waals surface area contributed by atoms with Crippen LogP contribution in [0, 0.1) is 0 Å². The van der Waals surface area contributed by atoms with Crippen LogP contribution in [0.5, 0.6) is 5.75 Å². The van der Waals surface area contributed by atoms with Gasteiger partial charge in [-0.2, -0.15) is 8.78 Å². The number of rotatable bonds is 6. The fourth-order valence-corrected chi connectivity index (χ4v) is 1.61. The summed E-state index contributed by atoms with van der Waals surface area (Å²) in [5.41, 5.74) is 0.0765. The number of hydrogen-bond acceptors (Lipinski definition) is 4. The Bertz CT molecular complexity index is 548. The van der Waals surface area contributed by atoms with Gasteiger partial charge in [0.1, 0.15) is 5.75 Å². The molecule has 9 heteroatoms. The first-order valence-corrected chi connectivity index (χ1v) is 6.83. The summed E-state index contributed by atoms with van der Waals surface area (Å²) < 4.78 is 49.4. The maximum atomic E-state index is 12.0. The fraction of sp³-hybridized carbons (Fsp3) is 0.300. The van der Waals surface area contributed by atoms with Crippen molar-refractivity contribution in [3.05, 3.63) is 29.8 Å². The van der Waals surface area contributed by atoms with Crippen molar-refractivity contribution in [3.8, 4) is 5.75 Å². The number of ether oxygens (including phenoxy) is 1. The highest BCUT2D eigenvalue weighted by Gasteiger charge is 2.10. The minimum atomic E-state index is -3.66. The molecule has 0 aliphatic rings. The number of alkyl halides is 2. The summed E-state index contributed by atoms with van der Waals surface area (Å²) in [7, 11) is -3.66. The van der Waals surface area contributed by atoms with Gasteiger partial charge in [-0.05, 0) is 18.2 Å². The van der Waals surface area contributed by atoms with Crippen LogP contribution in [0.15, 0.2) is 24.3 Å². The van der Waals surface area contributed by atoms with Crippen LogP contribution in [-0.4, -0.2) is 33.2 Å². The summed E-state index contributed by atoms with van der Waals surface area (Å²) in [5.74, 6) is -1.18. The Morgan fingerprint density at radius 1 is 1.42 bits per heavy atom. The summed E-state index contributed by atoms with van der Waals surface area (Å²) in [6.07, 6.45) is 0. The average molecular weight is 294 g/mol. The number of halogens is 2. The van der Waals surface area contributed by atoms with Gasteiger partial charge in [0.2, 0.25) is 10.0 Å². The maximum Gasteiger partial charge on any atom is 0.387 e. The van der Waals surface area contributed by atoms with Crippen molar-refractivity contribution in [2.75, 3.05) is 12.3 Å². The minimum absolute atomic E-state index is 0.0765. The molecule has 0 atom stereocenters. The van der Waals surface area contributed by atoms with Crippen LogP contribution >= 0.6 is 0 Å². The van der Waals surface area contributed by atoms with Crippen molar-refractivity contribution < 1.29 is 26.7 Å². The zero-order valence-corrected chi connectivity index (χ0v) is 10.5. The van der Waals surface area contributed by atoms with E-state index in [1.54, 1.807) is 0 Å². The number of amides is 1. The summed E-state index contributed by atoms with van der Waals surface area (Å²) in [4.78, 5) is 11.6. The van der Waals surface area contributed by atoms with Crippen LogP contribution in [0.3, 0.4) is 0 Å². The molecule has 0 aromatic heterocycles. The highest BCUT2D eigenvalue weighted by Crippen LogP contribution is 2.15. The number of nitrogens with one attached hydrogen (secondary N) is 1. The highest BCUT2D eigenvalue weighted by atomic mass is 32.2. The molecule has 0 radical (unpaired) electrons. The second-order valence-corrected chi connectivity index (χ2v) is 5.26. The van der Waals surface area contributed by atoms with Crippen molar-refractivity contribution in [2.24, 2.45) is 5.14 Å². The van der Waals surface area contributed by atoms with Crippen molar-refractivity contribution in [1.29, 1.82) is 0 Å². The van der Waals surface area contributed by atoms with Crippen LogP contribution in [0.4, 0.5) is 8.78 Å². The molecule has 0 aliphatic heterocycles. The number of benzene rings is 1. The standard InChI is InChI=1S/C10H12F2N2O4S/c11-10(12)18-8-3-1-2-7(6-8)9(15)14-4-5-19(13,16)17/h1-3,6,10H,4-5H2,(H,14,15)(H2,13,16,17). The number of carbonyl (C=O) groups is 1. The lowest BCUT2D eigenvalue weighted by Crippen LogP contribution is -2.31. The predicted octanol–water partition coefficient (Wildman–Crippen LogP) is 0.306. The number of nitrogens with two attached hydrogens (primary N) is 1. The number of sulfonamides is 1. The Morgan fingerprint density at radius 2 is 2.11 bits per heavy atom. The normalized spacial score (nSPS) is 11.4. The average Bonchev–Trinajstić information content (AvgIpc) is 2.26. The molecule has 19 heavy (non-hydrogen) atoms. The molecule has 0 bridgehead atoms. The monoisotopic (exact) mass is 294 g/mol. The van der Waals surface area contributed by atoms with Crippen LogP contribution in [0.25, 0.3) is 0 Å². The summed E-state index contributed by atoms with van der Waals surface area (Å²) in [5, 5.41) is 7.05. The molecule has 0 saturated heterocycles. The van der Waals surface area contributed by atoms with Gasteiger partial charge in [-0.3, -0.25) is 4.79 Å². The third-order valence-electron chi connectivity index (χ3n) is 1.99. The molecule has 0 unspecified atom stereocenters. The van der Waals surface area contributed by atoms with Crippen molar-refractivity contribution >= 4 is 15.9 Å². The van der Waals surface area contributed by atoms with E-state index in [9.17, 15) is 22.0 Å². The first kappa shape index (κ1) is 15.3. The largest absolute Gasteiger partial charge is 0.435 e. The number of primary sulfonamides is 1. The molecule has 1 aromatic carbocycles. The first-order valence-electron chi connectivity index (χ1n) is 5.11. The van der Waals surface area contributed by atoms with E-state index in [2.05, 4.69) is 10.1 Å². The van der Waals surface area contributed by atoms with Gasteiger partial charge in [0.25, 0.3) is 5.91 Å². The number of carbonyl (C=O) groups excluding carboxylic acids is 1. The van der Waals surface area contributed by atoms with Crippen LogP contribution in [-0.2, 0) is 10.0 Å². The zero-order chi connectivity index (χ0) is 14.5. The lowest BCUT2D eigenvalue weighted by molar-refractivity contribution is -0.0498. The lowest BCUT2D eigenvalue weighted by atomic mass is 10.2. The van der Waals surface area contributed by atoms with E-state index in [1.807, 2.05) is 0 Å². The van der Waals surface area contributed by atoms with Crippen molar-refractivity contribution in [3.63, 3.8) is 0 Å². The fourth-order valence-electron chi connectivity index (χ4n) is 1.22. The molecule has 1 aromatic rings. The van der Waals surface area contributed by atoms with Crippen molar-refractivity contribution in [1.82, 2.24) is 5.32 Å². The van der Waals surface area contributed by atoms with Gasteiger partial charge < -0.3 is 10.1 Å². The lowest BCUT2D eigenvalue weighted by Gasteiger charge is -2.07. The van der Waals surface area contributed by atoms with Gasteiger partial charge in [0.05, 0.1) is 5.75 Å². The molecule has 0 fully saturated rings. The molecule has 0 heterocycles. The Morgan fingerprint density at radius 3 is 2.68 bits per heavy atom. The molecule has 3 N–H and O–H groups in total. The van der Waals surface area contributed by atoms with E-state index in [-0.39, 0.29) is 17.9 Å². The van der Waals surface area contributed by atoms with Gasteiger partial charge in [-0.1, -0.05) is 6.07 Å². The minimum Gasteiger partial charge on any atom is -0.435 e. The Hall–Kier alpha value is -1.74. The summed E-state index contributed by atoms with van der Waals surface area (Å²) >= 11 is 0. The van der Waals surface area contributed by atoms with E-state index in [0.29, 0.717) is 0 Å². The Balaban J connectivity index is 2.62. The van der Waals surface area contributed by atoms with Gasteiger partial charge in [-0.15, -0.1) is 0 Å². The summed E-state index contributed by atoms with van der Waals surface area (Å²) in [6.45, 7) is -3.15. The third kappa shape index (κ3) is 6.11. The second-order valence-electron chi connectivity index (χ2n) is 3.53. The summed E-state index contributed by atoms with van der Waals surface area (Å²) in [6, 6.07) is 5.14. The van der Waals surface area contributed by atoms with Gasteiger partial charge in [0, 0.05) is 12.1 Å². The van der Waals surface area contributed by atoms with Gasteiger partial charge >= 0.3 is 6.61 Å². The van der Waals surface area contributed by atoms with Crippen LogP contribution in [0.1, 0.15) is 10.4 Å². The highest BCUT2D eigenvalue weighted by molar-refractivity contribution is 7.89. The van der Waals surface area contributed by atoms with E-state index < -0.39 is 28.3 Å². The molecular weight excluding hydrogens is 282 g/mol. The van der Waals surface area contributed by atoms with E-state index in [4.69, 9.17) is 5.14 Å². The molecule has 1 rings (SSSR count). The quantitative estimate of drug-likeness (QED) is 0.788. The van der Waals surface area contributed by atoms with Crippen LogP contribution < -0.4 is 15.2 Å². The third-order valence-corrected chi connectivity index (χ3v) is 2.77. The van der Waals surface area contributed by atoms with E-state index in [1.165, 1.54) is 18.2 Å². The smallest absolute Gasteiger partial charge is 0.387 e. The van der Waals surface area contributed by atoms with Crippen molar-refractivity contribution in [2.45, 2.75) is 6.61 Å². The maximum absolute atomic E-state index is 12.0. The first-order chi connectivity index (χ1) is 8.78. The molecule has 0 aliphatic carbocycles. The molecule has 0 saturated carbocycles. The van der Waals surface area contributed by atoms with E-state index >= 15 is 0 Å². The molecule has 1 amide bonds. The van der Waals surface area contributed by atoms with E-state index in [0.717, 1.165) is 6.07 Å². The molecule has 106 valence electrons.